The van der Waals surface area contributed by atoms with Crippen molar-refractivity contribution in [3.8, 4) is 5.69 Å². The highest BCUT2D eigenvalue weighted by Gasteiger charge is 2.03. The average Bonchev–Trinajstić information content (AvgIpc) is 2.28. The maximum Gasteiger partial charge on any atom is 0.253 e. The van der Waals surface area contributed by atoms with Gasteiger partial charge in [0.2, 0.25) is 0 Å². The van der Waals surface area contributed by atoms with Gasteiger partial charge in [0.05, 0.1) is 5.69 Å². The van der Waals surface area contributed by atoms with Gasteiger partial charge < -0.3 is 5.73 Å². The number of nitrogens with two attached hydrogens (primary N) is 1. The maximum atomic E-state index is 11.2. The third kappa shape index (κ3) is 2.29. The topological polar surface area (TPSA) is 63.8 Å². The van der Waals surface area contributed by atoms with Crippen LogP contribution in [-0.4, -0.2) is 9.55 Å². The van der Waals surface area contributed by atoms with Crippen LogP contribution in [0.1, 0.15) is 12.5 Å². The zero-order chi connectivity index (χ0) is 12.4. The minimum atomic E-state index is -0.282. The number of anilines is 1. The van der Waals surface area contributed by atoms with Gasteiger partial charge in [-0.2, -0.15) is 0 Å². The van der Waals surface area contributed by atoms with E-state index in [0.29, 0.717) is 10.6 Å². The summed E-state index contributed by atoms with van der Waals surface area (Å²) in [6, 6.07) is 9.22. The van der Waals surface area contributed by atoms with Crippen molar-refractivity contribution in [2.45, 2.75) is 13.3 Å². The van der Waals surface area contributed by atoms with Gasteiger partial charge in [0.25, 0.3) is 5.56 Å². The minimum Gasteiger partial charge on any atom is -0.385 e. The first-order valence-electron chi connectivity index (χ1n) is 5.33. The highest BCUT2D eigenvalue weighted by molar-refractivity contribution is 7.71. The molecule has 0 fully saturated rings. The van der Waals surface area contributed by atoms with Gasteiger partial charge in [-0.1, -0.05) is 19.1 Å². The maximum absolute atomic E-state index is 11.2. The van der Waals surface area contributed by atoms with E-state index in [-0.39, 0.29) is 5.56 Å². The van der Waals surface area contributed by atoms with Crippen LogP contribution >= 0.6 is 12.2 Å². The zero-order valence-electron chi connectivity index (χ0n) is 9.43. The van der Waals surface area contributed by atoms with Gasteiger partial charge >= 0.3 is 0 Å². The number of hydrogen-bond donors (Lipinski definition) is 2. The van der Waals surface area contributed by atoms with E-state index in [2.05, 4.69) is 11.9 Å². The summed E-state index contributed by atoms with van der Waals surface area (Å²) in [6.45, 7) is 2.08. The Kier molecular flexibility index (Phi) is 3.10. The average molecular weight is 247 g/mol. The second kappa shape index (κ2) is 4.55. The van der Waals surface area contributed by atoms with Crippen molar-refractivity contribution in [3.63, 3.8) is 0 Å². The molecule has 2 aromatic rings. The third-order valence-electron chi connectivity index (χ3n) is 2.55. The summed E-state index contributed by atoms with van der Waals surface area (Å²) in [5.74, 6) is 0.340. The zero-order valence-corrected chi connectivity index (χ0v) is 10.3. The lowest BCUT2D eigenvalue weighted by Gasteiger charge is -2.10. The number of nitrogens with one attached hydrogen (secondary N) is 1. The number of nitrogens with zero attached hydrogens (tertiary/aromatic N) is 1. The molecule has 1 heterocycles. The van der Waals surface area contributed by atoms with Gasteiger partial charge in [0.1, 0.15) is 5.82 Å². The SMILES string of the molecule is CCc1cccc(-n2c(N)cc(=O)[nH]c2=S)c1. The summed E-state index contributed by atoms with van der Waals surface area (Å²) in [6.07, 6.45) is 0.935. The Morgan fingerprint density at radius 3 is 2.82 bits per heavy atom. The van der Waals surface area contributed by atoms with Crippen LogP contribution in [0, 0.1) is 4.77 Å². The van der Waals surface area contributed by atoms with Crippen molar-refractivity contribution in [2.75, 3.05) is 5.73 Å². The van der Waals surface area contributed by atoms with Gasteiger partial charge in [-0.05, 0) is 36.3 Å². The summed E-state index contributed by atoms with van der Waals surface area (Å²) >= 11 is 5.12. The molecule has 0 aliphatic heterocycles. The number of H-pyrrole nitrogens is 1. The molecule has 0 amide bonds. The molecular weight excluding hydrogens is 234 g/mol. The number of aromatic amines is 1. The molecular formula is C12H13N3OS. The lowest BCUT2D eigenvalue weighted by atomic mass is 10.1. The van der Waals surface area contributed by atoms with Crippen molar-refractivity contribution in [3.05, 3.63) is 51.0 Å². The molecule has 5 heteroatoms. The molecule has 1 aromatic heterocycles. The predicted octanol–water partition coefficient (Wildman–Crippen LogP) is 2.04. The third-order valence-corrected chi connectivity index (χ3v) is 2.83. The first kappa shape index (κ1) is 11.6. The Balaban J connectivity index is 2.68. The molecule has 0 aliphatic rings. The lowest BCUT2D eigenvalue weighted by molar-refractivity contribution is 0.946. The van der Waals surface area contributed by atoms with Crippen molar-refractivity contribution in [1.82, 2.24) is 9.55 Å². The molecule has 0 saturated carbocycles. The summed E-state index contributed by atoms with van der Waals surface area (Å²) in [7, 11) is 0. The number of rotatable bonds is 2. The fourth-order valence-corrected chi connectivity index (χ4v) is 2.01. The fourth-order valence-electron chi connectivity index (χ4n) is 1.70. The Morgan fingerprint density at radius 2 is 2.18 bits per heavy atom. The van der Waals surface area contributed by atoms with E-state index in [4.69, 9.17) is 18.0 Å². The molecule has 0 aliphatic carbocycles. The van der Waals surface area contributed by atoms with Crippen molar-refractivity contribution < 1.29 is 0 Å². The molecule has 3 N–H and O–H groups in total. The summed E-state index contributed by atoms with van der Waals surface area (Å²) in [5, 5.41) is 0. The van der Waals surface area contributed by atoms with Gasteiger partial charge in [-0.15, -0.1) is 0 Å². The molecule has 0 saturated heterocycles. The molecule has 0 atom stereocenters. The molecule has 1 aromatic carbocycles. The number of aromatic nitrogens is 2. The van der Waals surface area contributed by atoms with Crippen molar-refractivity contribution in [2.24, 2.45) is 0 Å². The van der Waals surface area contributed by atoms with Gasteiger partial charge in [-0.3, -0.25) is 14.3 Å². The first-order valence-corrected chi connectivity index (χ1v) is 5.74. The monoisotopic (exact) mass is 247 g/mol. The molecule has 2 rings (SSSR count). The van der Waals surface area contributed by atoms with Crippen LogP contribution in [0.15, 0.2) is 35.1 Å². The van der Waals surface area contributed by atoms with E-state index in [1.54, 1.807) is 4.57 Å². The Hall–Kier alpha value is -1.88. The van der Waals surface area contributed by atoms with Crippen LogP contribution < -0.4 is 11.3 Å². The second-order valence-corrected chi connectivity index (χ2v) is 4.11. The molecule has 88 valence electrons. The molecule has 0 bridgehead atoms. The Bertz CT molecular complexity index is 657. The number of benzene rings is 1. The lowest BCUT2D eigenvalue weighted by Crippen LogP contribution is -2.15. The standard InChI is InChI=1S/C12H13N3OS/c1-2-8-4-3-5-9(6-8)15-10(13)7-11(16)14-12(15)17/h3-7H,2,13H2,1H3,(H,14,16,17). The molecule has 0 spiro atoms. The van der Waals surface area contributed by atoms with E-state index in [0.717, 1.165) is 12.1 Å². The fraction of sp³-hybridized carbons (Fsp3) is 0.167. The van der Waals surface area contributed by atoms with Crippen LogP contribution in [0.5, 0.6) is 0 Å². The highest BCUT2D eigenvalue weighted by atomic mass is 32.1. The first-order chi connectivity index (χ1) is 8.11. The number of hydrogen-bond acceptors (Lipinski definition) is 3. The van der Waals surface area contributed by atoms with E-state index < -0.39 is 0 Å². The molecule has 17 heavy (non-hydrogen) atoms. The Morgan fingerprint density at radius 1 is 1.41 bits per heavy atom. The van der Waals surface area contributed by atoms with Gasteiger partial charge in [0, 0.05) is 6.07 Å². The van der Waals surface area contributed by atoms with Gasteiger partial charge in [0.15, 0.2) is 4.77 Å². The van der Waals surface area contributed by atoms with E-state index >= 15 is 0 Å². The number of nitrogen functional groups attached to an aromatic ring is 1. The van der Waals surface area contributed by atoms with E-state index in [1.807, 2.05) is 24.3 Å². The largest absolute Gasteiger partial charge is 0.385 e. The highest BCUT2D eigenvalue weighted by Crippen LogP contribution is 2.14. The summed E-state index contributed by atoms with van der Waals surface area (Å²) < 4.78 is 1.96. The molecule has 0 unspecified atom stereocenters. The number of aryl methyl sites for hydroxylation is 1. The summed E-state index contributed by atoms with van der Waals surface area (Å²) in [5.41, 5.74) is 7.59. The van der Waals surface area contributed by atoms with Crippen LogP contribution in [0.25, 0.3) is 5.69 Å². The summed E-state index contributed by atoms with van der Waals surface area (Å²) in [4.78, 5) is 13.8. The minimum absolute atomic E-state index is 0.282. The molecule has 0 radical (unpaired) electrons. The van der Waals surface area contributed by atoms with E-state index in [1.165, 1.54) is 11.6 Å². The quantitative estimate of drug-likeness (QED) is 0.798. The normalized spacial score (nSPS) is 10.4. The molecule has 4 nitrogen and oxygen atoms in total. The van der Waals surface area contributed by atoms with Crippen LogP contribution in [-0.2, 0) is 6.42 Å². The second-order valence-electron chi connectivity index (χ2n) is 3.72. The smallest absolute Gasteiger partial charge is 0.253 e. The predicted molar refractivity (Wildman–Crippen MR) is 71.0 cm³/mol. The van der Waals surface area contributed by atoms with Gasteiger partial charge in [-0.25, -0.2) is 0 Å². The Labute approximate surface area is 104 Å². The van der Waals surface area contributed by atoms with Crippen molar-refractivity contribution >= 4 is 18.0 Å². The van der Waals surface area contributed by atoms with Crippen LogP contribution in [0.2, 0.25) is 0 Å². The van der Waals surface area contributed by atoms with Crippen LogP contribution in [0.4, 0.5) is 5.82 Å². The van der Waals surface area contributed by atoms with E-state index in [9.17, 15) is 4.79 Å². The van der Waals surface area contributed by atoms with Crippen molar-refractivity contribution in [1.29, 1.82) is 0 Å². The van der Waals surface area contributed by atoms with Crippen LogP contribution in [0.3, 0.4) is 0 Å².